The highest BCUT2D eigenvalue weighted by Crippen LogP contribution is 2.29. The Labute approximate surface area is 105 Å². The molecule has 1 N–H and O–H groups in total. The van der Waals surface area contributed by atoms with Gasteiger partial charge in [0.25, 0.3) is 0 Å². The maximum Gasteiger partial charge on any atom is 0.339 e. The zero-order valence-corrected chi connectivity index (χ0v) is 11.0. The largest absolute Gasteiger partial charge is 0.339 e. The van der Waals surface area contributed by atoms with Crippen LogP contribution in [0.15, 0.2) is 23.0 Å². The average Bonchev–Trinajstić information content (AvgIpc) is 2.60. The first-order chi connectivity index (χ1) is 7.56. The Morgan fingerprint density at radius 2 is 2.19 bits per heavy atom. The maximum absolute atomic E-state index is 11.1. The van der Waals surface area contributed by atoms with Crippen LogP contribution in [0.5, 0.6) is 0 Å². The van der Waals surface area contributed by atoms with E-state index >= 15 is 0 Å². The van der Waals surface area contributed by atoms with E-state index in [1.807, 2.05) is 0 Å². The number of rotatable bonds is 2. The molecule has 0 saturated heterocycles. The van der Waals surface area contributed by atoms with E-state index < -0.39 is 11.1 Å². The third-order valence-electron chi connectivity index (χ3n) is 1.51. The molecule has 0 spiro atoms. The van der Waals surface area contributed by atoms with Crippen LogP contribution in [0.2, 0.25) is 0 Å². The predicted octanol–water partition coefficient (Wildman–Crippen LogP) is 0.234. The SMILES string of the molecule is Cn1[nH]c(=O)c(=O)nc1Sc1nnc(Br)s1. The number of nitrogens with zero attached hydrogens (tertiary/aromatic N) is 4. The summed E-state index contributed by atoms with van der Waals surface area (Å²) in [6, 6.07) is 0. The number of H-pyrrole nitrogens is 1. The number of hydrogen-bond donors (Lipinski definition) is 1. The van der Waals surface area contributed by atoms with Crippen molar-refractivity contribution in [3.63, 3.8) is 0 Å². The molecular weight excluding hydrogens is 318 g/mol. The fraction of sp³-hybridized carbons (Fsp3) is 0.167. The molecule has 0 saturated carbocycles. The molecule has 0 amide bonds. The number of nitrogens with one attached hydrogen (secondary N) is 1. The Hall–Kier alpha value is -1.000. The van der Waals surface area contributed by atoms with Crippen LogP contribution in [0.25, 0.3) is 0 Å². The summed E-state index contributed by atoms with van der Waals surface area (Å²) in [6.07, 6.45) is 0. The Kier molecular flexibility index (Phi) is 3.21. The minimum atomic E-state index is -0.816. The highest BCUT2D eigenvalue weighted by atomic mass is 79.9. The van der Waals surface area contributed by atoms with Gasteiger partial charge in [-0.2, -0.15) is 4.98 Å². The Balaban J connectivity index is 2.38. The topological polar surface area (TPSA) is 93.5 Å². The highest BCUT2D eigenvalue weighted by molar-refractivity contribution is 9.11. The van der Waals surface area contributed by atoms with Crippen molar-refractivity contribution in [3.05, 3.63) is 24.6 Å². The lowest BCUT2D eigenvalue weighted by molar-refractivity contribution is 0.596. The number of hydrogen-bond acceptors (Lipinski definition) is 7. The summed E-state index contributed by atoms with van der Waals surface area (Å²) in [5.41, 5.74) is -1.56. The van der Waals surface area contributed by atoms with E-state index in [0.29, 0.717) is 13.4 Å². The molecule has 2 aromatic heterocycles. The van der Waals surface area contributed by atoms with Gasteiger partial charge >= 0.3 is 11.1 Å². The van der Waals surface area contributed by atoms with Crippen molar-refractivity contribution < 1.29 is 0 Å². The van der Waals surface area contributed by atoms with Crippen molar-refractivity contribution >= 4 is 39.0 Å². The molecular formula is C6H4BrN5O2S2. The summed E-state index contributed by atoms with van der Waals surface area (Å²) in [4.78, 5) is 25.6. The first-order valence-electron chi connectivity index (χ1n) is 3.90. The zero-order valence-electron chi connectivity index (χ0n) is 7.80. The lowest BCUT2D eigenvalue weighted by Crippen LogP contribution is -2.33. The van der Waals surface area contributed by atoms with Gasteiger partial charge in [-0.1, -0.05) is 11.3 Å². The maximum atomic E-state index is 11.1. The molecule has 16 heavy (non-hydrogen) atoms. The Morgan fingerprint density at radius 3 is 2.81 bits per heavy atom. The van der Waals surface area contributed by atoms with Crippen LogP contribution in [-0.4, -0.2) is 25.0 Å². The molecule has 0 fully saturated rings. The lowest BCUT2D eigenvalue weighted by atomic mass is 10.8. The van der Waals surface area contributed by atoms with Gasteiger partial charge in [0, 0.05) is 7.05 Å². The smallest absolute Gasteiger partial charge is 0.265 e. The summed E-state index contributed by atoms with van der Waals surface area (Å²) in [6.45, 7) is 0. The van der Waals surface area contributed by atoms with E-state index in [1.54, 1.807) is 7.05 Å². The van der Waals surface area contributed by atoms with E-state index in [9.17, 15) is 9.59 Å². The fourth-order valence-electron chi connectivity index (χ4n) is 0.864. The van der Waals surface area contributed by atoms with Crippen LogP contribution in [0.4, 0.5) is 0 Å². The van der Waals surface area contributed by atoms with Gasteiger partial charge in [0.1, 0.15) is 0 Å². The number of aromatic amines is 1. The molecule has 0 unspecified atom stereocenters. The standard InChI is InChI=1S/C6H4BrN5O2S2/c1-12-5(8-2(13)3(14)11-12)16-6-10-9-4(7)15-6/h1H3,(H,11,14). The van der Waals surface area contributed by atoms with Crippen LogP contribution in [0, 0.1) is 0 Å². The second kappa shape index (κ2) is 4.47. The normalized spacial score (nSPS) is 10.6. The molecule has 0 radical (unpaired) electrons. The molecule has 2 aromatic rings. The molecule has 84 valence electrons. The van der Waals surface area contributed by atoms with Gasteiger partial charge in [0.05, 0.1) is 0 Å². The molecule has 7 nitrogen and oxygen atoms in total. The lowest BCUT2D eigenvalue weighted by Gasteiger charge is -2.02. The number of aromatic nitrogens is 5. The first-order valence-corrected chi connectivity index (χ1v) is 6.33. The van der Waals surface area contributed by atoms with Crippen LogP contribution in [0.1, 0.15) is 0 Å². The quantitative estimate of drug-likeness (QED) is 0.796. The van der Waals surface area contributed by atoms with Gasteiger partial charge in [-0.25, -0.2) is 0 Å². The number of aryl methyl sites for hydroxylation is 1. The molecule has 2 heterocycles. The summed E-state index contributed by atoms with van der Waals surface area (Å²) >= 11 is 5.64. The minimum Gasteiger partial charge on any atom is -0.265 e. The highest BCUT2D eigenvalue weighted by Gasteiger charge is 2.09. The van der Waals surface area contributed by atoms with Crippen molar-refractivity contribution in [3.8, 4) is 0 Å². The van der Waals surface area contributed by atoms with Crippen LogP contribution < -0.4 is 11.1 Å². The van der Waals surface area contributed by atoms with Crippen LogP contribution >= 0.6 is 39.0 Å². The van der Waals surface area contributed by atoms with Crippen molar-refractivity contribution in [1.82, 2.24) is 25.0 Å². The average molecular weight is 322 g/mol. The van der Waals surface area contributed by atoms with E-state index in [2.05, 4.69) is 36.2 Å². The molecule has 0 aliphatic heterocycles. The third-order valence-corrected chi connectivity index (χ3v) is 3.96. The minimum absolute atomic E-state index is 0.355. The monoisotopic (exact) mass is 321 g/mol. The molecule has 0 atom stereocenters. The van der Waals surface area contributed by atoms with E-state index in [1.165, 1.54) is 16.0 Å². The van der Waals surface area contributed by atoms with E-state index in [4.69, 9.17) is 0 Å². The zero-order chi connectivity index (χ0) is 11.7. The van der Waals surface area contributed by atoms with Gasteiger partial charge in [-0.15, -0.1) is 10.2 Å². The van der Waals surface area contributed by atoms with Crippen molar-refractivity contribution in [2.75, 3.05) is 0 Å². The number of halogens is 1. The molecule has 10 heteroatoms. The van der Waals surface area contributed by atoms with Crippen molar-refractivity contribution in [1.29, 1.82) is 0 Å². The summed E-state index contributed by atoms with van der Waals surface area (Å²) in [5.74, 6) is 0. The first kappa shape index (κ1) is 11.5. The summed E-state index contributed by atoms with van der Waals surface area (Å²) in [5, 5.41) is 10.3. The Bertz CT molecular complexity index is 632. The predicted molar refractivity (Wildman–Crippen MR) is 61.8 cm³/mol. The second-order valence-electron chi connectivity index (χ2n) is 2.62. The van der Waals surface area contributed by atoms with Gasteiger partial charge in [0.15, 0.2) is 13.4 Å². The third kappa shape index (κ3) is 2.39. The Morgan fingerprint density at radius 1 is 1.44 bits per heavy atom. The molecule has 0 bridgehead atoms. The van der Waals surface area contributed by atoms with Crippen LogP contribution in [0.3, 0.4) is 0 Å². The molecule has 0 aliphatic rings. The molecule has 2 rings (SSSR count). The van der Waals surface area contributed by atoms with Crippen molar-refractivity contribution in [2.45, 2.75) is 9.50 Å². The molecule has 0 aliphatic carbocycles. The van der Waals surface area contributed by atoms with E-state index in [0.717, 1.165) is 11.8 Å². The summed E-state index contributed by atoms with van der Waals surface area (Å²) in [7, 11) is 1.59. The van der Waals surface area contributed by atoms with Gasteiger partial charge in [-0.05, 0) is 27.7 Å². The fourth-order valence-corrected chi connectivity index (χ4v) is 3.21. The van der Waals surface area contributed by atoms with Gasteiger partial charge < -0.3 is 0 Å². The van der Waals surface area contributed by atoms with Crippen LogP contribution in [-0.2, 0) is 7.05 Å². The van der Waals surface area contributed by atoms with E-state index in [-0.39, 0.29) is 0 Å². The summed E-state index contributed by atoms with van der Waals surface area (Å²) < 4.78 is 2.63. The van der Waals surface area contributed by atoms with Gasteiger partial charge in [-0.3, -0.25) is 19.4 Å². The van der Waals surface area contributed by atoms with Gasteiger partial charge in [0.2, 0.25) is 0 Å². The molecule has 0 aromatic carbocycles. The van der Waals surface area contributed by atoms with Crippen molar-refractivity contribution in [2.24, 2.45) is 7.05 Å². The second-order valence-corrected chi connectivity index (χ2v) is 6.09.